The molecule has 9 nitrogen and oxygen atoms in total. The molecule has 10 heteroatoms. The Kier molecular flexibility index (Phi) is 7.30. The lowest BCUT2D eigenvalue weighted by Crippen LogP contribution is -2.52. The molecule has 1 spiro atoms. The van der Waals surface area contributed by atoms with Crippen LogP contribution in [0.2, 0.25) is 5.02 Å². The van der Waals surface area contributed by atoms with Gasteiger partial charge < -0.3 is 24.9 Å². The highest BCUT2D eigenvalue weighted by Crippen LogP contribution is 2.35. The molecule has 2 saturated heterocycles. The molecule has 2 fully saturated rings. The number of pyridine rings is 1. The van der Waals surface area contributed by atoms with Crippen molar-refractivity contribution < 1.29 is 14.4 Å². The molecule has 3 amide bonds. The highest BCUT2D eigenvalue weighted by molar-refractivity contribution is 6.39. The number of benzene rings is 2. The Morgan fingerprint density at radius 1 is 0.825 bits per heavy atom. The first kappa shape index (κ1) is 26.1. The van der Waals surface area contributed by atoms with Crippen LogP contribution in [0.5, 0.6) is 0 Å². The third-order valence-corrected chi connectivity index (χ3v) is 8.19. The molecule has 0 saturated carbocycles. The van der Waals surface area contributed by atoms with Crippen molar-refractivity contribution in [3.8, 4) is 11.1 Å². The number of urea groups is 1. The zero-order valence-electron chi connectivity index (χ0n) is 22.1. The molecule has 2 aromatic carbocycles. The van der Waals surface area contributed by atoms with Crippen molar-refractivity contribution in [3.05, 3.63) is 77.9 Å². The number of carbonyl (C=O) groups excluding carboxylic acids is 2. The summed E-state index contributed by atoms with van der Waals surface area (Å²) >= 11 is 6.29. The van der Waals surface area contributed by atoms with Crippen LogP contribution in [0.25, 0.3) is 11.1 Å². The summed E-state index contributed by atoms with van der Waals surface area (Å²) in [5, 5.41) is 7.82. The Morgan fingerprint density at radius 3 is 2.23 bits per heavy atom. The molecule has 206 valence electrons. The number of halogens is 1. The van der Waals surface area contributed by atoms with E-state index in [4.69, 9.17) is 16.4 Å². The fourth-order valence-electron chi connectivity index (χ4n) is 5.51. The van der Waals surface area contributed by atoms with Crippen molar-refractivity contribution in [1.82, 2.24) is 14.8 Å². The maximum atomic E-state index is 13.2. The minimum atomic E-state index is -0.525. The summed E-state index contributed by atoms with van der Waals surface area (Å²) in [6.07, 6.45) is 3.44. The lowest BCUT2D eigenvalue weighted by molar-refractivity contribution is -0.124. The van der Waals surface area contributed by atoms with E-state index in [0.29, 0.717) is 69.3 Å². The van der Waals surface area contributed by atoms with Crippen molar-refractivity contribution in [2.45, 2.75) is 24.9 Å². The van der Waals surface area contributed by atoms with Gasteiger partial charge in [0.25, 0.3) is 5.91 Å². The van der Waals surface area contributed by atoms with Gasteiger partial charge in [-0.25, -0.2) is 9.78 Å². The summed E-state index contributed by atoms with van der Waals surface area (Å²) in [5.41, 5.74) is 2.92. The predicted molar refractivity (Wildman–Crippen MR) is 156 cm³/mol. The van der Waals surface area contributed by atoms with E-state index in [0.717, 1.165) is 22.6 Å². The van der Waals surface area contributed by atoms with Crippen molar-refractivity contribution >= 4 is 40.8 Å². The molecule has 0 bridgehead atoms. The third-order valence-electron chi connectivity index (χ3n) is 7.90. The molecule has 3 aliphatic heterocycles. The van der Waals surface area contributed by atoms with Crippen LogP contribution in [0.4, 0.5) is 16.3 Å². The normalized spacial score (nSPS) is 18.3. The average molecular weight is 559 g/mol. The van der Waals surface area contributed by atoms with Crippen LogP contribution in [0.1, 0.15) is 19.3 Å². The molecule has 0 aliphatic carbocycles. The first-order valence-corrected chi connectivity index (χ1v) is 14.0. The smallest absolute Gasteiger partial charge is 0.321 e. The maximum Gasteiger partial charge on any atom is 0.321 e. The number of piperidine rings is 1. The number of piperazine rings is 1. The van der Waals surface area contributed by atoms with Crippen molar-refractivity contribution in [2.24, 2.45) is 5.16 Å². The second-order valence-electron chi connectivity index (χ2n) is 10.4. The highest BCUT2D eigenvalue weighted by atomic mass is 35.5. The second-order valence-corrected chi connectivity index (χ2v) is 10.8. The molecular formula is C30H31ClN6O3. The lowest BCUT2D eigenvalue weighted by Gasteiger charge is -2.37. The molecule has 4 heterocycles. The number of anilines is 2. The molecule has 3 aliphatic rings. The molecular weight excluding hydrogens is 528 g/mol. The first-order chi connectivity index (χ1) is 19.5. The average Bonchev–Trinajstić information content (AvgIpc) is 3.41. The zero-order chi connectivity index (χ0) is 27.5. The minimum absolute atomic E-state index is 0.0808. The molecule has 1 N–H and O–H groups in total. The zero-order valence-corrected chi connectivity index (χ0v) is 22.9. The Bertz CT molecular complexity index is 1400. The molecule has 6 rings (SSSR count). The van der Waals surface area contributed by atoms with Gasteiger partial charge in [0, 0.05) is 70.4 Å². The number of hydrogen-bond acceptors (Lipinski definition) is 6. The maximum absolute atomic E-state index is 13.2. The topological polar surface area (TPSA) is 90.4 Å². The summed E-state index contributed by atoms with van der Waals surface area (Å²) in [5.74, 6) is 0.666. The number of oxime groups is 1. The number of carbonyl (C=O) groups is 2. The van der Waals surface area contributed by atoms with Gasteiger partial charge in [-0.2, -0.15) is 0 Å². The van der Waals surface area contributed by atoms with Gasteiger partial charge in [0.2, 0.25) is 0 Å². The molecule has 0 radical (unpaired) electrons. The first-order valence-electron chi connectivity index (χ1n) is 13.6. The van der Waals surface area contributed by atoms with Crippen LogP contribution in [-0.2, 0) is 9.63 Å². The van der Waals surface area contributed by atoms with Crippen molar-refractivity contribution in [1.29, 1.82) is 0 Å². The summed E-state index contributed by atoms with van der Waals surface area (Å²) in [4.78, 5) is 42.1. The van der Waals surface area contributed by atoms with Crippen LogP contribution < -0.4 is 10.2 Å². The Balaban J connectivity index is 0.976. The van der Waals surface area contributed by atoms with E-state index in [1.807, 2.05) is 53.4 Å². The van der Waals surface area contributed by atoms with Crippen molar-refractivity contribution in [2.75, 3.05) is 49.5 Å². The third kappa shape index (κ3) is 5.47. The number of nitrogens with one attached hydrogen (secondary N) is 1. The highest BCUT2D eigenvalue weighted by Gasteiger charge is 2.45. The quantitative estimate of drug-likeness (QED) is 0.492. The van der Waals surface area contributed by atoms with Gasteiger partial charge in [-0.3, -0.25) is 4.79 Å². The lowest BCUT2D eigenvalue weighted by atomic mass is 9.86. The van der Waals surface area contributed by atoms with Gasteiger partial charge in [0.1, 0.15) is 17.1 Å². The van der Waals surface area contributed by atoms with E-state index < -0.39 is 5.60 Å². The van der Waals surface area contributed by atoms with Gasteiger partial charge in [0.15, 0.2) is 0 Å². The van der Waals surface area contributed by atoms with Crippen LogP contribution in [0, 0.1) is 0 Å². The van der Waals surface area contributed by atoms with E-state index in [-0.39, 0.29) is 11.9 Å². The Hall–Kier alpha value is -4.11. The fourth-order valence-corrected chi connectivity index (χ4v) is 5.76. The predicted octanol–water partition coefficient (Wildman–Crippen LogP) is 4.89. The van der Waals surface area contributed by atoms with Crippen LogP contribution in [0.3, 0.4) is 0 Å². The van der Waals surface area contributed by atoms with E-state index >= 15 is 0 Å². The standard InChI is InChI=1S/C30H31ClN6O3/c31-25-7-4-14-32-27(25)35-17-19-36(20-18-35)28(38)26-21-30(40-34-26)12-15-37(16-13-30)29(39)33-24-10-8-23(9-11-24)22-5-2-1-3-6-22/h1-11,14H,12-13,15-21H2,(H,33,39). The van der Waals surface area contributed by atoms with Crippen LogP contribution >= 0.6 is 11.6 Å². The van der Waals surface area contributed by atoms with E-state index in [1.165, 1.54) is 0 Å². The van der Waals surface area contributed by atoms with Gasteiger partial charge in [-0.15, -0.1) is 0 Å². The van der Waals surface area contributed by atoms with Gasteiger partial charge in [-0.05, 0) is 35.4 Å². The number of likely N-dealkylation sites (tertiary alicyclic amines) is 1. The number of rotatable bonds is 4. The Morgan fingerprint density at radius 2 is 1.52 bits per heavy atom. The number of hydrogen-bond donors (Lipinski definition) is 1. The van der Waals surface area contributed by atoms with Crippen LogP contribution in [-0.4, -0.2) is 77.3 Å². The van der Waals surface area contributed by atoms with E-state index in [2.05, 4.69) is 32.5 Å². The molecule has 0 unspecified atom stereocenters. The molecule has 40 heavy (non-hydrogen) atoms. The number of amides is 3. The molecule has 1 aromatic heterocycles. The number of nitrogens with zero attached hydrogens (tertiary/aromatic N) is 5. The van der Waals surface area contributed by atoms with Gasteiger partial charge >= 0.3 is 6.03 Å². The SMILES string of the molecule is O=C(Nc1ccc(-c2ccccc2)cc1)N1CCC2(CC1)CC(C(=O)N1CCN(c3ncccc3Cl)CC1)=NO2. The minimum Gasteiger partial charge on any atom is -0.388 e. The van der Waals surface area contributed by atoms with Crippen LogP contribution in [0.15, 0.2) is 78.1 Å². The molecule has 3 aromatic rings. The van der Waals surface area contributed by atoms with E-state index in [1.54, 1.807) is 17.2 Å². The monoisotopic (exact) mass is 558 g/mol. The number of aromatic nitrogens is 1. The summed E-state index contributed by atoms with van der Waals surface area (Å²) in [6, 6.07) is 21.5. The summed E-state index contributed by atoms with van der Waals surface area (Å²) in [6.45, 7) is 3.51. The van der Waals surface area contributed by atoms with E-state index in [9.17, 15) is 9.59 Å². The summed E-state index contributed by atoms with van der Waals surface area (Å²) in [7, 11) is 0. The Labute approximate surface area is 238 Å². The van der Waals surface area contributed by atoms with Crippen molar-refractivity contribution in [3.63, 3.8) is 0 Å². The molecule has 0 atom stereocenters. The summed E-state index contributed by atoms with van der Waals surface area (Å²) < 4.78 is 0. The van der Waals surface area contributed by atoms with Gasteiger partial charge in [0.05, 0.1) is 5.02 Å². The largest absolute Gasteiger partial charge is 0.388 e. The second kappa shape index (κ2) is 11.2. The van der Waals surface area contributed by atoms with Gasteiger partial charge in [-0.1, -0.05) is 59.2 Å². The fraction of sp³-hybridized carbons (Fsp3) is 0.333.